The maximum Gasteiger partial charge on any atom is 0.312 e. The molecular weight excluding hydrogens is 546 g/mol. The summed E-state index contributed by atoms with van der Waals surface area (Å²) in [5, 5.41) is 10.9. The minimum absolute atomic E-state index is 0.0438. The summed E-state index contributed by atoms with van der Waals surface area (Å²) in [6.45, 7) is 14.3. The summed E-state index contributed by atoms with van der Waals surface area (Å²) >= 11 is 0. The van der Waals surface area contributed by atoms with Gasteiger partial charge >= 0.3 is 5.97 Å². The standard InChI is InChI=1S/C39H47NO4/c1-27-21-29(3)36(30(4)22-27)24-40(23-35-20-14-13-15-28(35)2)32(6)38(34-18-11-8-12-19-34)44-39(42)31(5)37(41)26-43-25-33-16-9-7-10-17-33/h7-22,31-32,37-38,41H,23-26H2,1-6H3/t31-,32-,37+,38-/m0/s1. The average molecular weight is 594 g/mol. The van der Waals surface area contributed by atoms with Crippen LogP contribution in [-0.4, -0.2) is 34.7 Å². The Morgan fingerprint density at radius 2 is 1.36 bits per heavy atom. The first-order valence-electron chi connectivity index (χ1n) is 15.5. The zero-order valence-corrected chi connectivity index (χ0v) is 27.0. The Balaban J connectivity index is 1.57. The molecule has 0 saturated carbocycles. The highest BCUT2D eigenvalue weighted by molar-refractivity contribution is 5.73. The Hall–Kier alpha value is -3.77. The molecule has 0 aliphatic carbocycles. The van der Waals surface area contributed by atoms with Gasteiger partial charge in [-0.2, -0.15) is 0 Å². The van der Waals surface area contributed by atoms with E-state index in [1.54, 1.807) is 6.92 Å². The molecule has 0 radical (unpaired) electrons. The molecule has 44 heavy (non-hydrogen) atoms. The summed E-state index contributed by atoms with van der Waals surface area (Å²) in [5.41, 5.74) is 9.44. The van der Waals surface area contributed by atoms with Crippen LogP contribution in [0.1, 0.15) is 64.5 Å². The van der Waals surface area contributed by atoms with Gasteiger partial charge in [0, 0.05) is 19.1 Å². The van der Waals surface area contributed by atoms with Crippen molar-refractivity contribution in [1.82, 2.24) is 4.90 Å². The van der Waals surface area contributed by atoms with Gasteiger partial charge in [-0.15, -0.1) is 0 Å². The summed E-state index contributed by atoms with van der Waals surface area (Å²) in [5.74, 6) is -1.20. The van der Waals surface area contributed by atoms with Crippen molar-refractivity contribution >= 4 is 5.97 Å². The molecule has 4 aromatic rings. The summed E-state index contributed by atoms with van der Waals surface area (Å²) in [7, 11) is 0. The Morgan fingerprint density at radius 1 is 0.773 bits per heavy atom. The average Bonchev–Trinajstić information content (AvgIpc) is 3.02. The number of esters is 1. The molecule has 4 rings (SSSR count). The molecular formula is C39H47NO4. The third-order valence-electron chi connectivity index (χ3n) is 8.57. The number of nitrogens with zero attached hydrogens (tertiary/aromatic N) is 1. The molecule has 232 valence electrons. The molecule has 0 saturated heterocycles. The Bertz CT molecular complexity index is 1460. The maximum absolute atomic E-state index is 13.6. The Labute approximate surface area is 263 Å². The van der Waals surface area contributed by atoms with Gasteiger partial charge in [0.05, 0.1) is 25.2 Å². The second kappa shape index (κ2) is 15.8. The Morgan fingerprint density at radius 3 is 2.00 bits per heavy atom. The van der Waals surface area contributed by atoms with E-state index in [1.165, 1.54) is 33.4 Å². The normalized spacial score (nSPS) is 14.2. The van der Waals surface area contributed by atoms with Crippen molar-refractivity contribution in [3.05, 3.63) is 142 Å². The van der Waals surface area contributed by atoms with Gasteiger partial charge in [0.25, 0.3) is 0 Å². The predicted molar refractivity (Wildman–Crippen MR) is 177 cm³/mol. The molecule has 0 fully saturated rings. The minimum Gasteiger partial charge on any atom is -0.456 e. The first-order chi connectivity index (χ1) is 21.1. The van der Waals surface area contributed by atoms with Crippen LogP contribution in [0.15, 0.2) is 97.1 Å². The summed E-state index contributed by atoms with van der Waals surface area (Å²) in [6.07, 6.45) is -1.53. The molecule has 0 aromatic heterocycles. The minimum atomic E-state index is -0.987. The highest BCUT2D eigenvalue weighted by Gasteiger charge is 2.33. The van der Waals surface area contributed by atoms with E-state index in [2.05, 4.69) is 75.9 Å². The first-order valence-corrected chi connectivity index (χ1v) is 15.5. The van der Waals surface area contributed by atoms with Gasteiger partial charge in [-0.25, -0.2) is 0 Å². The fourth-order valence-electron chi connectivity index (χ4n) is 5.70. The second-order valence-electron chi connectivity index (χ2n) is 12.1. The van der Waals surface area contributed by atoms with E-state index < -0.39 is 24.1 Å². The molecule has 5 nitrogen and oxygen atoms in total. The van der Waals surface area contributed by atoms with Crippen LogP contribution in [0, 0.1) is 33.6 Å². The van der Waals surface area contributed by atoms with Crippen molar-refractivity contribution in [3.8, 4) is 0 Å². The van der Waals surface area contributed by atoms with Gasteiger partial charge in [-0.1, -0.05) is 103 Å². The molecule has 5 heteroatoms. The number of benzene rings is 4. The molecule has 0 spiro atoms. The van der Waals surface area contributed by atoms with Crippen LogP contribution in [-0.2, 0) is 34.0 Å². The highest BCUT2D eigenvalue weighted by Crippen LogP contribution is 2.31. The molecule has 4 atom stereocenters. The van der Waals surface area contributed by atoms with Gasteiger partial charge in [0.2, 0.25) is 0 Å². The lowest BCUT2D eigenvalue weighted by Gasteiger charge is -2.36. The molecule has 0 aliphatic heterocycles. The SMILES string of the molecule is Cc1cc(C)c(CN(Cc2ccccc2C)[C@@H](C)[C@H](OC(=O)[C@@H](C)[C@H](O)COCc2ccccc2)c2ccccc2)c(C)c1. The number of aliphatic hydroxyl groups excluding tert-OH is 1. The highest BCUT2D eigenvalue weighted by atomic mass is 16.5. The molecule has 0 aliphatic rings. The van der Waals surface area contributed by atoms with E-state index in [-0.39, 0.29) is 12.6 Å². The molecule has 0 bridgehead atoms. The first kappa shape index (κ1) is 33.1. The number of carbonyl (C=O) groups is 1. The number of ether oxygens (including phenoxy) is 2. The summed E-state index contributed by atoms with van der Waals surface area (Å²) < 4.78 is 12.1. The van der Waals surface area contributed by atoms with Crippen LogP contribution in [0.25, 0.3) is 0 Å². The van der Waals surface area contributed by atoms with Gasteiger partial charge in [-0.05, 0) is 80.5 Å². The van der Waals surface area contributed by atoms with Gasteiger partial charge in [0.1, 0.15) is 6.10 Å². The quantitative estimate of drug-likeness (QED) is 0.151. The van der Waals surface area contributed by atoms with Crippen LogP contribution in [0.3, 0.4) is 0 Å². The predicted octanol–water partition coefficient (Wildman–Crippen LogP) is 7.81. The third-order valence-corrected chi connectivity index (χ3v) is 8.57. The lowest BCUT2D eigenvalue weighted by Crippen LogP contribution is -2.40. The zero-order valence-electron chi connectivity index (χ0n) is 27.0. The van der Waals surface area contributed by atoms with E-state index in [0.717, 1.165) is 11.1 Å². The number of rotatable bonds is 14. The largest absolute Gasteiger partial charge is 0.456 e. The summed E-state index contributed by atoms with van der Waals surface area (Å²) in [4.78, 5) is 16.0. The fraction of sp³-hybridized carbons (Fsp3) is 0.359. The molecule has 4 aromatic carbocycles. The van der Waals surface area contributed by atoms with Crippen LogP contribution < -0.4 is 0 Å². The van der Waals surface area contributed by atoms with Crippen LogP contribution in [0.4, 0.5) is 0 Å². The van der Waals surface area contributed by atoms with Crippen LogP contribution in [0.2, 0.25) is 0 Å². The number of aliphatic hydroxyl groups is 1. The van der Waals surface area contributed by atoms with Crippen molar-refractivity contribution in [3.63, 3.8) is 0 Å². The van der Waals surface area contributed by atoms with Crippen molar-refractivity contribution < 1.29 is 19.4 Å². The monoisotopic (exact) mass is 593 g/mol. The third kappa shape index (κ3) is 8.88. The van der Waals surface area contributed by atoms with Crippen molar-refractivity contribution in [1.29, 1.82) is 0 Å². The number of hydrogen-bond acceptors (Lipinski definition) is 5. The fourth-order valence-corrected chi connectivity index (χ4v) is 5.70. The molecule has 1 N–H and O–H groups in total. The zero-order chi connectivity index (χ0) is 31.6. The lowest BCUT2D eigenvalue weighted by molar-refractivity contribution is -0.163. The van der Waals surface area contributed by atoms with Crippen LogP contribution >= 0.6 is 0 Å². The van der Waals surface area contributed by atoms with Crippen LogP contribution in [0.5, 0.6) is 0 Å². The van der Waals surface area contributed by atoms with E-state index in [9.17, 15) is 9.90 Å². The van der Waals surface area contributed by atoms with Crippen molar-refractivity contribution in [2.45, 2.75) is 79.5 Å². The smallest absolute Gasteiger partial charge is 0.312 e. The van der Waals surface area contributed by atoms with Gasteiger partial charge in [0.15, 0.2) is 0 Å². The summed E-state index contributed by atoms with van der Waals surface area (Å²) in [6, 6.07) is 32.4. The molecule has 0 amide bonds. The Kier molecular flexibility index (Phi) is 11.9. The second-order valence-corrected chi connectivity index (χ2v) is 12.1. The van der Waals surface area contributed by atoms with E-state index in [1.807, 2.05) is 60.7 Å². The van der Waals surface area contributed by atoms with Crippen molar-refractivity contribution in [2.24, 2.45) is 5.92 Å². The van der Waals surface area contributed by atoms with E-state index in [4.69, 9.17) is 9.47 Å². The number of aryl methyl sites for hydroxylation is 4. The topological polar surface area (TPSA) is 59.0 Å². The van der Waals surface area contributed by atoms with Crippen molar-refractivity contribution in [2.75, 3.05) is 6.61 Å². The van der Waals surface area contributed by atoms with E-state index in [0.29, 0.717) is 19.7 Å². The van der Waals surface area contributed by atoms with E-state index >= 15 is 0 Å². The maximum atomic E-state index is 13.6. The van der Waals surface area contributed by atoms with Gasteiger partial charge < -0.3 is 14.6 Å². The number of hydrogen-bond donors (Lipinski definition) is 1. The number of carbonyl (C=O) groups excluding carboxylic acids is 1. The molecule has 0 unspecified atom stereocenters. The molecule has 0 heterocycles. The lowest BCUT2D eigenvalue weighted by atomic mass is 9.96. The van der Waals surface area contributed by atoms with Gasteiger partial charge in [-0.3, -0.25) is 9.69 Å².